The Kier molecular flexibility index (Phi) is 4.08. The predicted octanol–water partition coefficient (Wildman–Crippen LogP) is 3.04. The summed E-state index contributed by atoms with van der Waals surface area (Å²) in [7, 11) is 0. The molecule has 3 aromatic rings. The van der Waals surface area contributed by atoms with Crippen molar-refractivity contribution in [3.05, 3.63) is 46.7 Å². The van der Waals surface area contributed by atoms with Crippen molar-refractivity contribution in [3.8, 4) is 0 Å². The van der Waals surface area contributed by atoms with Crippen molar-refractivity contribution < 1.29 is 0 Å². The van der Waals surface area contributed by atoms with Gasteiger partial charge in [0.05, 0.1) is 29.6 Å². The van der Waals surface area contributed by atoms with Gasteiger partial charge in [0.2, 0.25) is 0 Å². The Balaban J connectivity index is 1.71. The molecule has 0 amide bonds. The Morgan fingerprint density at radius 2 is 2.20 bits per heavy atom. The standard InChI is InChI=1S/C15H18N4S/c1-2-7-16-8-15-18-12(10-20-15)9-19-11-17-13-5-3-4-6-14(13)19/h3-6,10-11,16H,2,7-9H2,1H3. The quantitative estimate of drug-likeness (QED) is 0.708. The van der Waals surface area contributed by atoms with Gasteiger partial charge in [-0.2, -0.15) is 0 Å². The van der Waals surface area contributed by atoms with Crippen molar-refractivity contribution in [1.82, 2.24) is 19.9 Å². The van der Waals surface area contributed by atoms with Crippen molar-refractivity contribution in [1.29, 1.82) is 0 Å². The summed E-state index contributed by atoms with van der Waals surface area (Å²) in [4.78, 5) is 9.08. The van der Waals surface area contributed by atoms with E-state index in [1.807, 2.05) is 24.5 Å². The minimum atomic E-state index is 0.783. The van der Waals surface area contributed by atoms with Gasteiger partial charge in [0.15, 0.2) is 0 Å². The van der Waals surface area contributed by atoms with Gasteiger partial charge in [0.25, 0.3) is 0 Å². The van der Waals surface area contributed by atoms with Crippen molar-refractivity contribution >= 4 is 22.4 Å². The second kappa shape index (κ2) is 6.15. The molecule has 5 heteroatoms. The summed E-state index contributed by atoms with van der Waals surface area (Å²) < 4.78 is 2.15. The van der Waals surface area contributed by atoms with Crippen LogP contribution in [0, 0.1) is 0 Å². The molecule has 20 heavy (non-hydrogen) atoms. The van der Waals surface area contributed by atoms with Gasteiger partial charge in [-0.15, -0.1) is 11.3 Å². The molecule has 0 aliphatic carbocycles. The fraction of sp³-hybridized carbons (Fsp3) is 0.333. The maximum Gasteiger partial charge on any atom is 0.107 e. The molecule has 2 heterocycles. The van der Waals surface area contributed by atoms with Gasteiger partial charge in [0, 0.05) is 11.9 Å². The van der Waals surface area contributed by atoms with E-state index >= 15 is 0 Å². The first kappa shape index (κ1) is 13.3. The number of hydrogen-bond donors (Lipinski definition) is 1. The number of benzene rings is 1. The first-order valence-electron chi connectivity index (χ1n) is 6.90. The van der Waals surface area contributed by atoms with Gasteiger partial charge in [-0.1, -0.05) is 19.1 Å². The molecule has 0 saturated heterocycles. The predicted molar refractivity (Wildman–Crippen MR) is 82.9 cm³/mol. The number of hydrogen-bond acceptors (Lipinski definition) is 4. The maximum absolute atomic E-state index is 4.67. The van der Waals surface area contributed by atoms with Crippen LogP contribution in [0.5, 0.6) is 0 Å². The Labute approximate surface area is 122 Å². The lowest BCUT2D eigenvalue weighted by Crippen LogP contribution is -2.13. The molecule has 4 nitrogen and oxygen atoms in total. The number of fused-ring (bicyclic) bond motifs is 1. The summed E-state index contributed by atoms with van der Waals surface area (Å²) >= 11 is 1.72. The lowest BCUT2D eigenvalue weighted by molar-refractivity contribution is 0.669. The fourth-order valence-electron chi connectivity index (χ4n) is 2.19. The van der Waals surface area contributed by atoms with E-state index in [9.17, 15) is 0 Å². The topological polar surface area (TPSA) is 42.7 Å². The number of imidazole rings is 1. The van der Waals surface area contributed by atoms with Gasteiger partial charge in [-0.25, -0.2) is 9.97 Å². The summed E-state index contributed by atoms with van der Waals surface area (Å²) in [5.41, 5.74) is 3.30. The molecule has 0 spiro atoms. The van der Waals surface area contributed by atoms with Gasteiger partial charge < -0.3 is 9.88 Å². The zero-order chi connectivity index (χ0) is 13.8. The summed E-state index contributed by atoms with van der Waals surface area (Å²) in [6.45, 7) is 4.86. The summed E-state index contributed by atoms with van der Waals surface area (Å²) in [6, 6.07) is 8.19. The van der Waals surface area contributed by atoms with E-state index in [0.717, 1.165) is 47.8 Å². The monoisotopic (exact) mass is 286 g/mol. The smallest absolute Gasteiger partial charge is 0.107 e. The van der Waals surface area contributed by atoms with Crippen molar-refractivity contribution in [3.63, 3.8) is 0 Å². The van der Waals surface area contributed by atoms with Crippen LogP contribution in [-0.2, 0) is 13.1 Å². The first-order chi connectivity index (χ1) is 9.86. The highest BCUT2D eigenvalue weighted by molar-refractivity contribution is 7.09. The minimum Gasteiger partial charge on any atom is -0.324 e. The third kappa shape index (κ3) is 2.89. The van der Waals surface area contributed by atoms with E-state index < -0.39 is 0 Å². The van der Waals surface area contributed by atoms with Crippen LogP contribution >= 0.6 is 11.3 Å². The zero-order valence-corrected chi connectivity index (χ0v) is 12.4. The van der Waals surface area contributed by atoms with Crippen LogP contribution < -0.4 is 5.32 Å². The summed E-state index contributed by atoms with van der Waals surface area (Å²) in [6.07, 6.45) is 3.04. The van der Waals surface area contributed by atoms with Gasteiger partial charge in [0.1, 0.15) is 5.01 Å². The number of nitrogens with one attached hydrogen (secondary N) is 1. The largest absolute Gasteiger partial charge is 0.324 e. The number of thiazole rings is 1. The molecule has 3 rings (SSSR count). The second-order valence-corrected chi connectivity index (χ2v) is 5.71. The van der Waals surface area contributed by atoms with E-state index in [0.29, 0.717) is 0 Å². The number of para-hydroxylation sites is 2. The van der Waals surface area contributed by atoms with Crippen molar-refractivity contribution in [2.75, 3.05) is 6.54 Å². The average Bonchev–Trinajstić information content (AvgIpc) is 3.08. The molecule has 0 atom stereocenters. The Hall–Kier alpha value is -1.72. The van der Waals surface area contributed by atoms with E-state index in [1.54, 1.807) is 11.3 Å². The molecule has 104 valence electrons. The molecule has 0 aliphatic heterocycles. The Morgan fingerprint density at radius 1 is 1.30 bits per heavy atom. The number of rotatable bonds is 6. The molecule has 2 aromatic heterocycles. The summed E-state index contributed by atoms with van der Waals surface area (Å²) in [5.74, 6) is 0. The van der Waals surface area contributed by atoms with Crippen LogP contribution in [0.15, 0.2) is 36.0 Å². The molecule has 0 bridgehead atoms. The number of nitrogens with zero attached hydrogens (tertiary/aromatic N) is 3. The highest BCUT2D eigenvalue weighted by atomic mass is 32.1. The highest BCUT2D eigenvalue weighted by Crippen LogP contribution is 2.15. The molecule has 0 unspecified atom stereocenters. The van der Waals surface area contributed by atoms with Crippen LogP contribution in [0.3, 0.4) is 0 Å². The second-order valence-electron chi connectivity index (χ2n) is 4.77. The third-order valence-corrected chi connectivity index (χ3v) is 4.06. The molecule has 1 aromatic carbocycles. The van der Waals surface area contributed by atoms with Gasteiger partial charge in [-0.3, -0.25) is 0 Å². The molecular formula is C15H18N4S. The van der Waals surface area contributed by atoms with Crippen LogP contribution in [0.1, 0.15) is 24.0 Å². The molecular weight excluding hydrogens is 268 g/mol. The van der Waals surface area contributed by atoms with Gasteiger partial charge >= 0.3 is 0 Å². The molecule has 0 aliphatic rings. The minimum absolute atomic E-state index is 0.783. The van der Waals surface area contributed by atoms with E-state index in [-0.39, 0.29) is 0 Å². The van der Waals surface area contributed by atoms with E-state index in [1.165, 1.54) is 0 Å². The Morgan fingerprint density at radius 3 is 3.10 bits per heavy atom. The lowest BCUT2D eigenvalue weighted by Gasteiger charge is -2.01. The van der Waals surface area contributed by atoms with Crippen LogP contribution in [0.2, 0.25) is 0 Å². The average molecular weight is 286 g/mol. The third-order valence-electron chi connectivity index (χ3n) is 3.16. The molecule has 0 fully saturated rings. The SMILES string of the molecule is CCCNCc1nc(Cn2cnc3ccccc32)cs1. The highest BCUT2D eigenvalue weighted by Gasteiger charge is 2.05. The van der Waals surface area contributed by atoms with Crippen molar-refractivity contribution in [2.24, 2.45) is 0 Å². The fourth-order valence-corrected chi connectivity index (χ4v) is 2.94. The van der Waals surface area contributed by atoms with Crippen LogP contribution in [-0.4, -0.2) is 21.1 Å². The number of aromatic nitrogens is 3. The zero-order valence-electron chi connectivity index (χ0n) is 11.5. The molecule has 0 radical (unpaired) electrons. The van der Waals surface area contributed by atoms with Crippen LogP contribution in [0.25, 0.3) is 11.0 Å². The molecule has 0 saturated carbocycles. The lowest BCUT2D eigenvalue weighted by atomic mass is 10.3. The van der Waals surface area contributed by atoms with Gasteiger partial charge in [-0.05, 0) is 25.1 Å². The van der Waals surface area contributed by atoms with E-state index in [4.69, 9.17) is 0 Å². The Bertz CT molecular complexity index is 686. The summed E-state index contributed by atoms with van der Waals surface area (Å²) in [5, 5.41) is 6.67. The normalized spacial score (nSPS) is 11.2. The van der Waals surface area contributed by atoms with Crippen molar-refractivity contribution in [2.45, 2.75) is 26.4 Å². The van der Waals surface area contributed by atoms with Crippen LogP contribution in [0.4, 0.5) is 0 Å². The van der Waals surface area contributed by atoms with E-state index in [2.05, 4.69) is 38.2 Å². The first-order valence-corrected chi connectivity index (χ1v) is 7.78. The molecule has 1 N–H and O–H groups in total. The maximum atomic E-state index is 4.67.